The molecule has 0 saturated carbocycles. The van der Waals surface area contributed by atoms with Crippen LogP contribution in [0.25, 0.3) is 21.8 Å². The van der Waals surface area contributed by atoms with Crippen LogP contribution in [0.3, 0.4) is 0 Å². The van der Waals surface area contributed by atoms with Crippen molar-refractivity contribution in [2.75, 3.05) is 30.7 Å². The van der Waals surface area contributed by atoms with E-state index in [-0.39, 0.29) is 0 Å². The van der Waals surface area contributed by atoms with Crippen molar-refractivity contribution in [3.05, 3.63) is 70.7 Å². The highest BCUT2D eigenvalue weighted by Crippen LogP contribution is 2.28. The van der Waals surface area contributed by atoms with Crippen LogP contribution in [0, 0.1) is 0 Å². The lowest BCUT2D eigenvalue weighted by molar-refractivity contribution is 0.172. The minimum absolute atomic E-state index is 0.310. The Kier molecular flexibility index (Phi) is 6.71. The average molecular weight is 518 g/mol. The Balaban J connectivity index is 1.29. The lowest BCUT2D eigenvalue weighted by Gasteiger charge is -2.15. The van der Waals surface area contributed by atoms with E-state index in [2.05, 4.69) is 49.2 Å². The van der Waals surface area contributed by atoms with Crippen LogP contribution in [0.5, 0.6) is 5.75 Å². The van der Waals surface area contributed by atoms with Gasteiger partial charge in [-0.15, -0.1) is 0 Å². The number of hydrogen-bond acceptors (Lipinski definition) is 5. The fraction of sp³-hybridized carbons (Fsp3) is 0.217. The van der Waals surface area contributed by atoms with Gasteiger partial charge in [-0.1, -0.05) is 24.3 Å². The van der Waals surface area contributed by atoms with Gasteiger partial charge >= 0.3 is 0 Å². The van der Waals surface area contributed by atoms with Gasteiger partial charge in [0.1, 0.15) is 12.4 Å². The molecule has 0 radical (unpaired) electrons. The number of hydrogen-bond donors (Lipinski definition) is 4. The summed E-state index contributed by atoms with van der Waals surface area (Å²) in [5.41, 5.74) is 3.12. The molecule has 0 aliphatic carbocycles. The molecule has 9 heteroatoms. The molecular formula is C23H24BrN3O4S. The minimum Gasteiger partial charge on any atom is -0.492 e. The molecule has 0 amide bonds. The number of fused-ring (bicyclic) bond motifs is 3. The van der Waals surface area contributed by atoms with Crippen LogP contribution in [-0.4, -0.2) is 44.5 Å². The molecule has 4 N–H and O–H groups in total. The zero-order valence-electron chi connectivity index (χ0n) is 17.4. The van der Waals surface area contributed by atoms with E-state index >= 15 is 0 Å². The number of aromatic nitrogens is 1. The number of H-pyrrole nitrogens is 1. The van der Waals surface area contributed by atoms with E-state index in [1.165, 1.54) is 5.39 Å². The Morgan fingerprint density at radius 3 is 2.66 bits per heavy atom. The Morgan fingerprint density at radius 2 is 1.84 bits per heavy atom. The van der Waals surface area contributed by atoms with Crippen molar-refractivity contribution in [3.8, 4) is 5.75 Å². The number of anilines is 1. The normalized spacial score (nSPS) is 12.8. The second-order valence-electron chi connectivity index (χ2n) is 7.56. The molecule has 168 valence electrons. The quantitative estimate of drug-likeness (QED) is 0.249. The minimum atomic E-state index is -3.41. The SMILES string of the molecule is CS(=O)(=O)Nc1cc(C(O)CNCCOc2ccc3c(c2)[nH]c2ccccc23)ccc1Br. The van der Waals surface area contributed by atoms with Gasteiger partial charge in [0, 0.05) is 39.9 Å². The van der Waals surface area contributed by atoms with Crippen LogP contribution in [0.1, 0.15) is 11.7 Å². The summed E-state index contributed by atoms with van der Waals surface area (Å²) in [6.45, 7) is 1.30. The molecule has 1 heterocycles. The summed E-state index contributed by atoms with van der Waals surface area (Å²) >= 11 is 3.31. The van der Waals surface area contributed by atoms with E-state index in [0.717, 1.165) is 28.4 Å². The first-order valence-corrected chi connectivity index (χ1v) is 12.8. The molecule has 7 nitrogen and oxygen atoms in total. The fourth-order valence-electron chi connectivity index (χ4n) is 3.55. The molecule has 0 aliphatic heterocycles. The molecule has 0 spiro atoms. The third-order valence-electron chi connectivity index (χ3n) is 5.03. The lowest BCUT2D eigenvalue weighted by atomic mass is 10.1. The number of sulfonamides is 1. The van der Waals surface area contributed by atoms with Crippen molar-refractivity contribution in [3.63, 3.8) is 0 Å². The van der Waals surface area contributed by atoms with Crippen molar-refractivity contribution < 1.29 is 18.3 Å². The molecule has 0 bridgehead atoms. The molecule has 0 saturated heterocycles. The number of benzene rings is 3. The van der Waals surface area contributed by atoms with Crippen LogP contribution < -0.4 is 14.8 Å². The summed E-state index contributed by atoms with van der Waals surface area (Å²) < 4.78 is 31.9. The summed E-state index contributed by atoms with van der Waals surface area (Å²) in [4.78, 5) is 3.40. The molecule has 1 atom stereocenters. The van der Waals surface area contributed by atoms with Crippen molar-refractivity contribution in [2.24, 2.45) is 0 Å². The van der Waals surface area contributed by atoms with E-state index in [0.29, 0.717) is 35.4 Å². The second-order valence-corrected chi connectivity index (χ2v) is 10.2. The number of halogens is 1. The van der Waals surface area contributed by atoms with Crippen LogP contribution in [0.15, 0.2) is 65.1 Å². The van der Waals surface area contributed by atoms with Gasteiger partial charge in [-0.3, -0.25) is 4.72 Å². The van der Waals surface area contributed by atoms with Gasteiger partial charge in [0.05, 0.1) is 23.6 Å². The maximum Gasteiger partial charge on any atom is 0.229 e. The summed E-state index contributed by atoms with van der Waals surface area (Å²) in [5.74, 6) is 0.774. The molecule has 0 aliphatic rings. The van der Waals surface area contributed by atoms with Crippen LogP contribution in [-0.2, 0) is 10.0 Å². The molecule has 1 aromatic heterocycles. The molecule has 0 fully saturated rings. The fourth-order valence-corrected chi connectivity index (χ4v) is 4.59. The number of aliphatic hydroxyl groups excluding tert-OH is 1. The molecule has 32 heavy (non-hydrogen) atoms. The number of rotatable bonds is 9. The number of nitrogens with one attached hydrogen (secondary N) is 3. The third kappa shape index (κ3) is 5.42. The van der Waals surface area contributed by atoms with Gasteiger partial charge < -0.3 is 20.1 Å². The van der Waals surface area contributed by atoms with Crippen molar-refractivity contribution in [1.29, 1.82) is 0 Å². The highest BCUT2D eigenvalue weighted by Gasteiger charge is 2.12. The summed E-state index contributed by atoms with van der Waals surface area (Å²) in [6, 6.07) is 19.2. The highest BCUT2D eigenvalue weighted by atomic mass is 79.9. The van der Waals surface area contributed by atoms with Gasteiger partial charge in [-0.2, -0.15) is 0 Å². The average Bonchev–Trinajstić information content (AvgIpc) is 3.11. The monoisotopic (exact) mass is 517 g/mol. The molecule has 3 aromatic carbocycles. The number of ether oxygens (including phenoxy) is 1. The Morgan fingerprint density at radius 1 is 1.06 bits per heavy atom. The lowest BCUT2D eigenvalue weighted by Crippen LogP contribution is -2.26. The van der Waals surface area contributed by atoms with Gasteiger partial charge in [0.2, 0.25) is 10.0 Å². The van der Waals surface area contributed by atoms with Gasteiger partial charge in [0.15, 0.2) is 0 Å². The highest BCUT2D eigenvalue weighted by molar-refractivity contribution is 9.10. The molecular weight excluding hydrogens is 494 g/mol. The van der Waals surface area contributed by atoms with E-state index in [4.69, 9.17) is 4.74 Å². The zero-order chi connectivity index (χ0) is 22.7. The summed E-state index contributed by atoms with van der Waals surface area (Å²) in [7, 11) is -3.41. The number of aliphatic hydroxyl groups is 1. The first kappa shape index (κ1) is 22.6. The molecule has 1 unspecified atom stereocenters. The second kappa shape index (κ2) is 9.50. The first-order chi connectivity index (χ1) is 15.3. The summed E-state index contributed by atoms with van der Waals surface area (Å²) in [5, 5.41) is 15.9. The topological polar surface area (TPSA) is 103 Å². The van der Waals surface area contributed by atoms with E-state index < -0.39 is 16.1 Å². The third-order valence-corrected chi connectivity index (χ3v) is 6.32. The number of aromatic amines is 1. The van der Waals surface area contributed by atoms with Crippen molar-refractivity contribution >= 4 is 53.4 Å². The Bertz CT molecular complexity index is 1350. The predicted molar refractivity (Wildman–Crippen MR) is 132 cm³/mol. The van der Waals surface area contributed by atoms with E-state index in [1.807, 2.05) is 24.3 Å². The maximum absolute atomic E-state index is 11.5. The first-order valence-electron chi connectivity index (χ1n) is 10.1. The van der Waals surface area contributed by atoms with Gasteiger partial charge in [-0.25, -0.2) is 8.42 Å². The van der Waals surface area contributed by atoms with E-state index in [9.17, 15) is 13.5 Å². The smallest absolute Gasteiger partial charge is 0.229 e. The largest absolute Gasteiger partial charge is 0.492 e. The Hall–Kier alpha value is -2.59. The van der Waals surface area contributed by atoms with Crippen LogP contribution in [0.4, 0.5) is 5.69 Å². The number of para-hydroxylation sites is 1. The van der Waals surface area contributed by atoms with E-state index in [1.54, 1.807) is 18.2 Å². The standard InChI is InChI=1S/C23H24BrN3O4S/c1-32(29,30)27-22-12-15(6-9-19(22)24)23(28)14-25-10-11-31-16-7-8-18-17-4-2-3-5-20(17)26-21(18)13-16/h2-9,12-13,23,25-28H,10-11,14H2,1H3. The zero-order valence-corrected chi connectivity index (χ0v) is 19.8. The van der Waals surface area contributed by atoms with Gasteiger partial charge in [0.25, 0.3) is 0 Å². The summed E-state index contributed by atoms with van der Waals surface area (Å²) in [6.07, 6.45) is 0.297. The maximum atomic E-state index is 11.5. The molecule has 4 rings (SSSR count). The van der Waals surface area contributed by atoms with Gasteiger partial charge in [-0.05, 0) is 51.8 Å². The van der Waals surface area contributed by atoms with Crippen LogP contribution in [0.2, 0.25) is 0 Å². The van der Waals surface area contributed by atoms with Crippen LogP contribution >= 0.6 is 15.9 Å². The molecule has 4 aromatic rings. The Labute approximate surface area is 195 Å². The van der Waals surface area contributed by atoms with Crippen molar-refractivity contribution in [2.45, 2.75) is 6.10 Å². The van der Waals surface area contributed by atoms with Crippen molar-refractivity contribution in [1.82, 2.24) is 10.3 Å². The predicted octanol–water partition coefficient (Wildman–Crippen LogP) is 4.16.